The Kier molecular flexibility index (Phi) is 7.56. The zero-order valence-corrected chi connectivity index (χ0v) is 21.8. The summed E-state index contributed by atoms with van der Waals surface area (Å²) in [5, 5.41) is 5.77. The van der Waals surface area contributed by atoms with Crippen LogP contribution in [0.1, 0.15) is 50.2 Å². The number of aliphatic imine (C=N–C) groups is 1. The van der Waals surface area contributed by atoms with Gasteiger partial charge in [0.05, 0.1) is 17.2 Å². The van der Waals surface area contributed by atoms with Crippen LogP contribution in [0, 0.1) is 6.92 Å². The lowest BCUT2D eigenvalue weighted by molar-refractivity contribution is -0.113. The Labute approximate surface area is 217 Å². The van der Waals surface area contributed by atoms with Gasteiger partial charge in [0, 0.05) is 30.4 Å². The number of likely N-dealkylation sites (tertiary alicyclic amines) is 1. The second-order valence-electron chi connectivity index (χ2n) is 9.25. The van der Waals surface area contributed by atoms with Gasteiger partial charge in [0.1, 0.15) is 11.4 Å². The van der Waals surface area contributed by atoms with Crippen LogP contribution in [0.5, 0.6) is 5.75 Å². The van der Waals surface area contributed by atoms with Crippen LogP contribution in [0.2, 0.25) is 0 Å². The highest BCUT2D eigenvalue weighted by Crippen LogP contribution is 2.35. The molecule has 1 fully saturated rings. The van der Waals surface area contributed by atoms with Crippen LogP contribution in [-0.4, -0.2) is 45.5 Å². The Hall–Kier alpha value is -3.32. The van der Waals surface area contributed by atoms with Gasteiger partial charge in [-0.1, -0.05) is 38.0 Å². The lowest BCUT2D eigenvalue weighted by Crippen LogP contribution is -2.28. The van der Waals surface area contributed by atoms with E-state index < -0.39 is 0 Å². The minimum absolute atomic E-state index is 0.169. The van der Waals surface area contributed by atoms with Crippen LogP contribution in [0.3, 0.4) is 0 Å². The van der Waals surface area contributed by atoms with Gasteiger partial charge in [-0.15, -0.1) is 0 Å². The number of carbonyl (C=O) groups excluding carboxylic acids is 1. The summed E-state index contributed by atoms with van der Waals surface area (Å²) in [5.74, 6) is 0.720. The summed E-state index contributed by atoms with van der Waals surface area (Å²) in [5.41, 5.74) is 4.74. The van der Waals surface area contributed by atoms with E-state index in [2.05, 4.69) is 29.8 Å². The Bertz CT molecular complexity index is 1290. The number of benzene rings is 2. The molecule has 36 heavy (non-hydrogen) atoms. The molecule has 1 saturated heterocycles. The molecule has 1 amide bonds. The molecule has 2 aliphatic rings. The minimum Gasteiger partial charge on any atom is -0.493 e. The first-order chi connectivity index (χ1) is 17.6. The van der Waals surface area contributed by atoms with E-state index in [1.54, 1.807) is 0 Å². The third-order valence-electron chi connectivity index (χ3n) is 6.45. The lowest BCUT2D eigenvalue weighted by atomic mass is 10.0. The number of rotatable bonds is 6. The normalized spacial score (nSPS) is 17.4. The molecule has 3 heterocycles. The molecule has 7 heteroatoms. The summed E-state index contributed by atoms with van der Waals surface area (Å²) in [4.78, 5) is 20.2. The van der Waals surface area contributed by atoms with Gasteiger partial charge < -0.3 is 9.64 Å². The number of carbonyl (C=O) groups is 1. The summed E-state index contributed by atoms with van der Waals surface area (Å²) in [6.45, 7) is 6.78. The van der Waals surface area contributed by atoms with E-state index in [0.29, 0.717) is 11.5 Å². The SMILES string of the molecule is CCCOc1ccc(-c2nn(-c3ccccc3)cc2C=C2SC(N3CCCCCC3)=NC2=O)cc1C. The Morgan fingerprint density at radius 2 is 1.83 bits per heavy atom. The zero-order chi connectivity index (χ0) is 24.9. The first-order valence-corrected chi connectivity index (χ1v) is 13.6. The molecule has 0 unspecified atom stereocenters. The van der Waals surface area contributed by atoms with Gasteiger partial charge in [0.15, 0.2) is 5.17 Å². The largest absolute Gasteiger partial charge is 0.493 e. The van der Waals surface area contributed by atoms with Gasteiger partial charge in [-0.05, 0) is 79.9 Å². The molecule has 2 aromatic carbocycles. The van der Waals surface area contributed by atoms with Crippen LogP contribution in [0.25, 0.3) is 23.0 Å². The molecule has 186 valence electrons. The quantitative estimate of drug-likeness (QED) is 0.363. The van der Waals surface area contributed by atoms with Crippen molar-refractivity contribution in [2.45, 2.75) is 46.0 Å². The molecular formula is C29H32N4O2S. The first-order valence-electron chi connectivity index (χ1n) is 12.8. The monoisotopic (exact) mass is 500 g/mol. The van der Waals surface area contributed by atoms with Crippen molar-refractivity contribution in [3.8, 4) is 22.7 Å². The van der Waals surface area contributed by atoms with Crippen LogP contribution in [0.15, 0.2) is 64.6 Å². The number of thioether (sulfide) groups is 1. The van der Waals surface area contributed by atoms with E-state index in [4.69, 9.17) is 9.84 Å². The Balaban J connectivity index is 1.49. The number of nitrogens with zero attached hydrogens (tertiary/aromatic N) is 4. The maximum atomic E-state index is 12.9. The molecule has 0 saturated carbocycles. The summed E-state index contributed by atoms with van der Waals surface area (Å²) in [6, 6.07) is 16.2. The molecule has 3 aromatic rings. The average Bonchev–Trinajstić information content (AvgIpc) is 3.36. The summed E-state index contributed by atoms with van der Waals surface area (Å²) < 4.78 is 7.75. The number of aromatic nitrogens is 2. The maximum absolute atomic E-state index is 12.9. The number of amides is 1. The molecule has 6 nitrogen and oxygen atoms in total. The fraction of sp³-hybridized carbons (Fsp3) is 0.345. The van der Waals surface area contributed by atoms with Crippen molar-refractivity contribution in [2.75, 3.05) is 19.7 Å². The predicted molar refractivity (Wildman–Crippen MR) is 148 cm³/mol. The van der Waals surface area contributed by atoms with E-state index in [1.165, 1.54) is 24.6 Å². The van der Waals surface area contributed by atoms with Crippen molar-refractivity contribution in [1.29, 1.82) is 0 Å². The van der Waals surface area contributed by atoms with Crippen LogP contribution >= 0.6 is 11.8 Å². The third-order valence-corrected chi connectivity index (χ3v) is 7.49. The topological polar surface area (TPSA) is 59.7 Å². The fourth-order valence-corrected chi connectivity index (χ4v) is 5.49. The second kappa shape index (κ2) is 11.2. The van der Waals surface area contributed by atoms with Crippen LogP contribution in [0.4, 0.5) is 0 Å². The van der Waals surface area contributed by atoms with Crippen molar-refractivity contribution in [1.82, 2.24) is 14.7 Å². The molecule has 0 atom stereocenters. The molecule has 0 radical (unpaired) electrons. The number of para-hydroxylation sites is 1. The molecule has 1 aromatic heterocycles. The molecule has 0 N–H and O–H groups in total. The lowest BCUT2D eigenvalue weighted by Gasteiger charge is -2.20. The first kappa shape index (κ1) is 24.4. The van der Waals surface area contributed by atoms with Crippen molar-refractivity contribution in [3.05, 3.63) is 70.8 Å². The molecular weight excluding hydrogens is 468 g/mol. The molecule has 0 spiro atoms. The molecule has 0 bridgehead atoms. The van der Waals surface area contributed by atoms with E-state index in [0.717, 1.165) is 71.3 Å². The predicted octanol–water partition coefficient (Wildman–Crippen LogP) is 6.48. The molecule has 0 aliphatic carbocycles. The Morgan fingerprint density at radius 3 is 2.56 bits per heavy atom. The van der Waals surface area contributed by atoms with Gasteiger partial charge in [0.25, 0.3) is 5.91 Å². The minimum atomic E-state index is -0.169. The highest BCUT2D eigenvalue weighted by atomic mass is 32.2. The van der Waals surface area contributed by atoms with Crippen molar-refractivity contribution in [2.24, 2.45) is 4.99 Å². The van der Waals surface area contributed by atoms with Crippen molar-refractivity contribution >= 4 is 28.9 Å². The van der Waals surface area contributed by atoms with Crippen molar-refractivity contribution in [3.63, 3.8) is 0 Å². The number of aryl methyl sites for hydroxylation is 1. The summed E-state index contributed by atoms with van der Waals surface area (Å²) in [7, 11) is 0. The summed E-state index contributed by atoms with van der Waals surface area (Å²) >= 11 is 1.48. The molecule has 5 rings (SSSR count). The van der Waals surface area contributed by atoms with Gasteiger partial charge >= 0.3 is 0 Å². The zero-order valence-electron chi connectivity index (χ0n) is 20.9. The highest BCUT2D eigenvalue weighted by Gasteiger charge is 2.27. The van der Waals surface area contributed by atoms with E-state index in [9.17, 15) is 4.79 Å². The average molecular weight is 501 g/mol. The van der Waals surface area contributed by atoms with Gasteiger partial charge in [0.2, 0.25) is 0 Å². The van der Waals surface area contributed by atoms with E-state index >= 15 is 0 Å². The smallest absolute Gasteiger partial charge is 0.286 e. The maximum Gasteiger partial charge on any atom is 0.286 e. The number of ether oxygens (including phenoxy) is 1. The number of hydrogen-bond acceptors (Lipinski definition) is 5. The fourth-order valence-electron chi connectivity index (χ4n) is 4.54. The highest BCUT2D eigenvalue weighted by molar-refractivity contribution is 8.18. The standard InChI is InChI=1S/C29H32N4O2S/c1-3-17-35-25-14-13-22(18-21(25)2)27-23(20-33(31-27)24-11-7-6-8-12-24)19-26-28(34)30-29(36-26)32-15-9-4-5-10-16-32/h6-8,11-14,18-20H,3-5,9-10,15-17H2,1-2H3. The van der Waals surface area contributed by atoms with E-state index in [-0.39, 0.29) is 5.91 Å². The van der Waals surface area contributed by atoms with Gasteiger partial charge in [-0.3, -0.25) is 4.79 Å². The summed E-state index contributed by atoms with van der Waals surface area (Å²) in [6.07, 6.45) is 9.69. The van der Waals surface area contributed by atoms with Crippen LogP contribution in [-0.2, 0) is 4.79 Å². The second-order valence-corrected chi connectivity index (χ2v) is 10.3. The van der Waals surface area contributed by atoms with Crippen molar-refractivity contribution < 1.29 is 9.53 Å². The number of hydrogen-bond donors (Lipinski definition) is 0. The van der Waals surface area contributed by atoms with Gasteiger partial charge in [-0.2, -0.15) is 10.1 Å². The van der Waals surface area contributed by atoms with Crippen LogP contribution < -0.4 is 4.74 Å². The number of amidine groups is 1. The third kappa shape index (κ3) is 5.41. The molecule has 2 aliphatic heterocycles. The van der Waals surface area contributed by atoms with E-state index in [1.807, 2.05) is 59.4 Å². The Morgan fingerprint density at radius 1 is 1.06 bits per heavy atom. The van der Waals surface area contributed by atoms with Gasteiger partial charge in [-0.25, -0.2) is 4.68 Å².